The lowest BCUT2D eigenvalue weighted by molar-refractivity contribution is -0.143. The van der Waals surface area contributed by atoms with E-state index in [1.165, 1.54) is 6.42 Å². The number of hydrogen-bond acceptors (Lipinski definition) is 3. The molecule has 2 aliphatic rings. The van der Waals surface area contributed by atoms with Crippen molar-refractivity contribution < 1.29 is 9.90 Å². The molecule has 0 bridgehead atoms. The lowest BCUT2D eigenvalue weighted by Crippen LogP contribution is -2.52. The van der Waals surface area contributed by atoms with E-state index in [1.807, 2.05) is 0 Å². The Hall–Kier alpha value is -0.610. The molecule has 2 rings (SSSR count). The van der Waals surface area contributed by atoms with Gasteiger partial charge in [0.05, 0.1) is 0 Å². The van der Waals surface area contributed by atoms with Gasteiger partial charge in [0.1, 0.15) is 5.54 Å². The summed E-state index contributed by atoms with van der Waals surface area (Å²) in [5.74, 6) is 0.552. The van der Waals surface area contributed by atoms with Crippen LogP contribution in [0.4, 0.5) is 0 Å². The first kappa shape index (κ1) is 13.8. The molecule has 0 radical (unpaired) electrons. The van der Waals surface area contributed by atoms with Gasteiger partial charge >= 0.3 is 5.97 Å². The van der Waals surface area contributed by atoms with Crippen molar-refractivity contribution in [2.24, 2.45) is 17.6 Å². The number of aliphatic carboxylic acids is 1. The summed E-state index contributed by atoms with van der Waals surface area (Å²) in [6, 6.07) is 0.897. The van der Waals surface area contributed by atoms with E-state index in [2.05, 4.69) is 25.7 Å². The minimum Gasteiger partial charge on any atom is -0.480 e. The number of carboxylic acid groups (broad SMARTS) is 1. The van der Waals surface area contributed by atoms with Crippen LogP contribution in [0.2, 0.25) is 0 Å². The average Bonchev–Trinajstić information content (AvgIpc) is 2.67. The summed E-state index contributed by atoms with van der Waals surface area (Å²) in [6.45, 7) is 7.95. The summed E-state index contributed by atoms with van der Waals surface area (Å²) in [7, 11) is 0. The van der Waals surface area contributed by atoms with E-state index >= 15 is 0 Å². The Morgan fingerprint density at radius 3 is 2.61 bits per heavy atom. The number of piperidine rings is 1. The van der Waals surface area contributed by atoms with Crippen LogP contribution >= 0.6 is 0 Å². The Balaban J connectivity index is 2.06. The third kappa shape index (κ3) is 2.41. The molecule has 4 nitrogen and oxygen atoms in total. The summed E-state index contributed by atoms with van der Waals surface area (Å²) in [5, 5.41) is 9.22. The molecule has 5 atom stereocenters. The standard InChI is InChI=1S/C14H26N2O2/c1-9-6-10(2)11(3)16(8-9)12-4-5-14(15,7-12)13(17)18/h9-12H,4-8,15H2,1-3H3,(H,17,18). The van der Waals surface area contributed by atoms with Crippen LogP contribution in [0.5, 0.6) is 0 Å². The number of nitrogens with two attached hydrogens (primary N) is 1. The van der Waals surface area contributed by atoms with Crippen LogP contribution in [-0.2, 0) is 4.79 Å². The van der Waals surface area contributed by atoms with Gasteiger partial charge in [0.15, 0.2) is 0 Å². The number of hydrogen-bond donors (Lipinski definition) is 2. The Labute approximate surface area is 110 Å². The van der Waals surface area contributed by atoms with Crippen LogP contribution in [0.25, 0.3) is 0 Å². The maximum Gasteiger partial charge on any atom is 0.323 e. The highest BCUT2D eigenvalue weighted by molar-refractivity contribution is 5.79. The normalized spacial score (nSPS) is 46.2. The molecule has 3 N–H and O–H groups in total. The summed E-state index contributed by atoms with van der Waals surface area (Å²) in [5.41, 5.74) is 5.00. The molecule has 1 aliphatic heterocycles. The van der Waals surface area contributed by atoms with Crippen LogP contribution < -0.4 is 5.73 Å². The van der Waals surface area contributed by atoms with Crippen molar-refractivity contribution in [2.75, 3.05) is 6.54 Å². The molecule has 1 heterocycles. The van der Waals surface area contributed by atoms with Crippen molar-refractivity contribution in [3.8, 4) is 0 Å². The van der Waals surface area contributed by atoms with Crippen molar-refractivity contribution >= 4 is 5.97 Å². The second kappa shape index (κ2) is 4.82. The minimum absolute atomic E-state index is 0.353. The first-order valence-corrected chi connectivity index (χ1v) is 7.11. The lowest BCUT2D eigenvalue weighted by Gasteiger charge is -2.44. The molecule has 1 aliphatic carbocycles. The zero-order valence-electron chi connectivity index (χ0n) is 11.7. The molecule has 1 saturated carbocycles. The number of nitrogens with zero attached hydrogens (tertiary/aromatic N) is 1. The molecule has 0 aromatic rings. The number of carbonyl (C=O) groups is 1. The van der Waals surface area contributed by atoms with Crippen LogP contribution in [0.15, 0.2) is 0 Å². The third-order valence-corrected chi connectivity index (χ3v) is 5.06. The summed E-state index contributed by atoms with van der Waals surface area (Å²) < 4.78 is 0. The maximum atomic E-state index is 11.2. The lowest BCUT2D eigenvalue weighted by atomic mass is 9.84. The first-order chi connectivity index (χ1) is 8.33. The zero-order valence-corrected chi connectivity index (χ0v) is 11.7. The van der Waals surface area contributed by atoms with Crippen LogP contribution in [0.3, 0.4) is 0 Å². The molecule has 18 heavy (non-hydrogen) atoms. The second-order valence-electron chi connectivity index (χ2n) is 6.61. The maximum absolute atomic E-state index is 11.2. The zero-order chi connectivity index (χ0) is 13.5. The molecule has 2 fully saturated rings. The summed E-state index contributed by atoms with van der Waals surface area (Å²) >= 11 is 0. The molecule has 104 valence electrons. The van der Waals surface area contributed by atoms with E-state index in [0.29, 0.717) is 36.8 Å². The Morgan fingerprint density at radius 2 is 2.06 bits per heavy atom. The number of carboxylic acids is 1. The highest BCUT2D eigenvalue weighted by Crippen LogP contribution is 2.37. The predicted molar refractivity (Wildman–Crippen MR) is 71.3 cm³/mol. The van der Waals surface area contributed by atoms with Gasteiger partial charge in [-0.3, -0.25) is 9.69 Å². The van der Waals surface area contributed by atoms with Gasteiger partial charge in [-0.2, -0.15) is 0 Å². The van der Waals surface area contributed by atoms with Gasteiger partial charge in [0, 0.05) is 18.6 Å². The summed E-state index contributed by atoms with van der Waals surface area (Å²) in [4.78, 5) is 13.7. The van der Waals surface area contributed by atoms with E-state index in [-0.39, 0.29) is 0 Å². The molecule has 5 unspecified atom stereocenters. The van der Waals surface area contributed by atoms with Crippen molar-refractivity contribution in [1.82, 2.24) is 4.90 Å². The van der Waals surface area contributed by atoms with Gasteiger partial charge in [0.2, 0.25) is 0 Å². The predicted octanol–water partition coefficient (Wildman–Crippen LogP) is 1.69. The fourth-order valence-corrected chi connectivity index (χ4v) is 3.77. The van der Waals surface area contributed by atoms with Gasteiger partial charge in [-0.1, -0.05) is 13.8 Å². The topological polar surface area (TPSA) is 66.6 Å². The van der Waals surface area contributed by atoms with Crippen molar-refractivity contribution in [3.63, 3.8) is 0 Å². The van der Waals surface area contributed by atoms with Gasteiger partial charge in [-0.15, -0.1) is 0 Å². The average molecular weight is 254 g/mol. The Morgan fingerprint density at radius 1 is 1.39 bits per heavy atom. The molecule has 4 heteroatoms. The van der Waals surface area contributed by atoms with E-state index < -0.39 is 11.5 Å². The Bertz CT molecular complexity index is 334. The second-order valence-corrected chi connectivity index (χ2v) is 6.61. The summed E-state index contributed by atoms with van der Waals surface area (Å²) in [6.07, 6.45) is 3.41. The van der Waals surface area contributed by atoms with E-state index in [0.717, 1.165) is 13.0 Å². The van der Waals surface area contributed by atoms with E-state index in [1.54, 1.807) is 0 Å². The minimum atomic E-state index is -0.992. The molecular weight excluding hydrogens is 228 g/mol. The number of rotatable bonds is 2. The van der Waals surface area contributed by atoms with Crippen molar-refractivity contribution in [3.05, 3.63) is 0 Å². The smallest absolute Gasteiger partial charge is 0.323 e. The van der Waals surface area contributed by atoms with Crippen molar-refractivity contribution in [1.29, 1.82) is 0 Å². The van der Waals surface area contributed by atoms with Crippen LogP contribution in [-0.4, -0.2) is 40.1 Å². The van der Waals surface area contributed by atoms with Gasteiger partial charge in [0.25, 0.3) is 0 Å². The molecule has 0 aromatic heterocycles. The third-order valence-electron chi connectivity index (χ3n) is 5.06. The molecule has 0 aromatic carbocycles. The monoisotopic (exact) mass is 254 g/mol. The van der Waals surface area contributed by atoms with Gasteiger partial charge < -0.3 is 10.8 Å². The SMILES string of the molecule is CC1CC(C)C(C)N(C2CCC(N)(C(=O)O)C2)C1. The first-order valence-electron chi connectivity index (χ1n) is 7.11. The quantitative estimate of drug-likeness (QED) is 0.787. The van der Waals surface area contributed by atoms with Gasteiger partial charge in [-0.25, -0.2) is 0 Å². The van der Waals surface area contributed by atoms with Crippen LogP contribution in [0.1, 0.15) is 46.5 Å². The Kier molecular flexibility index (Phi) is 3.70. The molecule has 1 saturated heterocycles. The number of likely N-dealkylation sites (tertiary alicyclic amines) is 1. The largest absolute Gasteiger partial charge is 0.480 e. The van der Waals surface area contributed by atoms with E-state index in [4.69, 9.17) is 5.73 Å². The molecular formula is C14H26N2O2. The van der Waals surface area contributed by atoms with Crippen LogP contribution in [0, 0.1) is 11.8 Å². The highest BCUT2D eigenvalue weighted by Gasteiger charge is 2.46. The van der Waals surface area contributed by atoms with Crippen molar-refractivity contribution in [2.45, 2.75) is 64.1 Å². The fraction of sp³-hybridized carbons (Fsp3) is 0.929. The van der Waals surface area contributed by atoms with E-state index in [9.17, 15) is 9.90 Å². The fourth-order valence-electron chi connectivity index (χ4n) is 3.77. The highest BCUT2D eigenvalue weighted by atomic mass is 16.4. The molecule has 0 amide bonds. The van der Waals surface area contributed by atoms with Gasteiger partial charge in [-0.05, 0) is 44.4 Å². The molecule has 0 spiro atoms.